The standard InChI is InChI=1S/C43H84NO9P.C9H11NO5.H2/c1-4-6-8-10-12-14-16-18-20-22-24-26-28-30-32-34-42(46)50-38-41(39-52-54(48,49)51-37-36-44-40(3)45)53-43(47)35-33-31-29-27-25-23-21-19-17-15-13-11-9-7-5-2;1-6(11)2-5-9(14)15-10-7(12)3-4-8(10)13;/h41H,4-39H2,1-3H3,(H,44,45)(H,48,49);2-5H2,1H3;1H/t41-;;/m1../s1. The third kappa shape index (κ3) is 44.5. The van der Waals surface area contributed by atoms with Gasteiger partial charge in [0, 0.05) is 47.0 Å². The van der Waals surface area contributed by atoms with Gasteiger partial charge in [0.1, 0.15) is 12.4 Å². The van der Waals surface area contributed by atoms with E-state index in [0.29, 0.717) is 11.5 Å². The van der Waals surface area contributed by atoms with Gasteiger partial charge in [-0.05, 0) is 19.8 Å². The molecular weight excluding hydrogens is 908 g/mol. The number of hydroxylamine groups is 2. The number of rotatable bonds is 46. The highest BCUT2D eigenvalue weighted by Gasteiger charge is 2.32. The minimum Gasteiger partial charge on any atom is -0.462 e. The van der Waals surface area contributed by atoms with E-state index in [2.05, 4.69) is 24.0 Å². The first-order chi connectivity index (χ1) is 33.2. The third-order valence-corrected chi connectivity index (χ3v) is 12.7. The molecule has 1 rings (SSSR count). The number of carbonyl (C=O) groups excluding carboxylic acids is 7. The summed E-state index contributed by atoms with van der Waals surface area (Å²) >= 11 is 0. The highest BCUT2D eigenvalue weighted by molar-refractivity contribution is 7.47. The van der Waals surface area contributed by atoms with Gasteiger partial charge in [-0.1, -0.05) is 194 Å². The Bertz CT molecular complexity index is 1420. The molecule has 0 saturated carbocycles. The molecule has 1 unspecified atom stereocenters. The van der Waals surface area contributed by atoms with Gasteiger partial charge < -0.3 is 29.3 Å². The number of nitrogens with zero attached hydrogens (tertiary/aromatic N) is 1. The normalized spacial score (nSPS) is 13.6. The molecule has 0 aromatic heterocycles. The average Bonchev–Trinajstić information content (AvgIpc) is 3.62. The van der Waals surface area contributed by atoms with Gasteiger partial charge in [-0.3, -0.25) is 33.0 Å². The molecule has 0 aliphatic carbocycles. The number of phosphoric ester groups is 1. The van der Waals surface area contributed by atoms with Crippen LogP contribution in [-0.2, 0) is 61.5 Å². The first kappa shape index (κ1) is 65.8. The van der Waals surface area contributed by atoms with Crippen LogP contribution < -0.4 is 5.32 Å². The van der Waals surface area contributed by atoms with Crippen LogP contribution >= 0.6 is 7.82 Å². The highest BCUT2D eigenvalue weighted by Crippen LogP contribution is 2.43. The van der Waals surface area contributed by atoms with Crippen LogP contribution in [-0.4, -0.2) is 83.8 Å². The van der Waals surface area contributed by atoms with Crippen molar-refractivity contribution in [1.29, 1.82) is 0 Å². The molecule has 2 N–H and O–H groups in total. The smallest absolute Gasteiger partial charge is 0.462 e. The minimum absolute atomic E-state index is 0. The van der Waals surface area contributed by atoms with E-state index in [1.807, 2.05) is 0 Å². The van der Waals surface area contributed by atoms with Crippen LogP contribution in [0.25, 0.3) is 0 Å². The minimum atomic E-state index is -4.48. The number of amides is 3. The largest absolute Gasteiger partial charge is 0.472 e. The molecule has 404 valence electrons. The summed E-state index contributed by atoms with van der Waals surface area (Å²) in [4.78, 5) is 94.4. The van der Waals surface area contributed by atoms with Crippen molar-refractivity contribution in [2.75, 3.05) is 26.4 Å². The predicted molar refractivity (Wildman–Crippen MR) is 270 cm³/mol. The number of ether oxygens (including phenoxy) is 2. The molecule has 17 heteroatoms. The fraction of sp³-hybridized carbons (Fsp3) is 0.865. The van der Waals surface area contributed by atoms with Crippen molar-refractivity contribution in [2.24, 2.45) is 0 Å². The maximum Gasteiger partial charge on any atom is 0.472 e. The first-order valence-electron chi connectivity index (χ1n) is 27.0. The van der Waals surface area contributed by atoms with Gasteiger partial charge in [0.05, 0.1) is 19.6 Å². The van der Waals surface area contributed by atoms with Crippen molar-refractivity contribution >= 4 is 49.2 Å². The number of hydrogen-bond acceptors (Lipinski definition) is 13. The third-order valence-electron chi connectivity index (χ3n) is 11.7. The lowest BCUT2D eigenvalue weighted by molar-refractivity contribution is -0.197. The molecule has 0 spiro atoms. The lowest BCUT2D eigenvalue weighted by Crippen LogP contribution is -2.32. The van der Waals surface area contributed by atoms with Gasteiger partial charge in [-0.25, -0.2) is 9.36 Å². The van der Waals surface area contributed by atoms with Crippen LogP contribution in [0.2, 0.25) is 0 Å². The number of esters is 2. The quantitative estimate of drug-likeness (QED) is 0.0251. The number of hydrogen-bond donors (Lipinski definition) is 2. The molecule has 1 heterocycles. The summed E-state index contributed by atoms with van der Waals surface area (Å²) in [6, 6.07) is 0. The maximum absolute atomic E-state index is 12.6. The zero-order chi connectivity index (χ0) is 51.2. The Kier molecular flexibility index (Phi) is 43.8. The van der Waals surface area contributed by atoms with E-state index in [4.69, 9.17) is 18.5 Å². The van der Waals surface area contributed by atoms with Crippen LogP contribution in [0.15, 0.2) is 0 Å². The van der Waals surface area contributed by atoms with Gasteiger partial charge in [0.25, 0.3) is 11.8 Å². The number of phosphoric acid groups is 1. The Hall–Kier alpha value is -3.20. The SMILES string of the molecule is CC(=O)CCC(=O)ON1C(=O)CCC1=O.CCCCCCCCCCCCCCCCCC(=O)OC[C@H](COP(=O)(O)OCCNC(C)=O)OC(=O)CCCCCCCCCCCCCCCCC.[HH]. The van der Waals surface area contributed by atoms with E-state index in [-0.39, 0.29) is 71.4 Å². The van der Waals surface area contributed by atoms with E-state index >= 15 is 0 Å². The number of unbranched alkanes of at least 4 members (excludes halogenated alkanes) is 28. The van der Waals surface area contributed by atoms with Crippen molar-refractivity contribution in [3.05, 3.63) is 0 Å². The van der Waals surface area contributed by atoms with E-state index in [0.717, 1.165) is 38.5 Å². The van der Waals surface area contributed by atoms with Crippen molar-refractivity contribution in [1.82, 2.24) is 10.4 Å². The van der Waals surface area contributed by atoms with Crippen LogP contribution in [0.5, 0.6) is 0 Å². The Morgan fingerprint density at radius 3 is 1.33 bits per heavy atom. The summed E-state index contributed by atoms with van der Waals surface area (Å²) in [5.74, 6) is -3.07. The van der Waals surface area contributed by atoms with E-state index < -0.39 is 50.3 Å². The number of Topliss-reactive ketones (excluding diaryl/α,β-unsaturated/α-hetero) is 1. The maximum atomic E-state index is 12.6. The summed E-state index contributed by atoms with van der Waals surface area (Å²) in [6.07, 6.45) is 36.6. The predicted octanol–water partition coefficient (Wildman–Crippen LogP) is 12.4. The van der Waals surface area contributed by atoms with Crippen LogP contribution in [0.4, 0.5) is 0 Å². The molecule has 0 bridgehead atoms. The monoisotopic (exact) mass is 1000 g/mol. The number of imide groups is 1. The summed E-state index contributed by atoms with van der Waals surface area (Å²) in [7, 11) is -4.48. The zero-order valence-electron chi connectivity index (χ0n) is 43.5. The molecule has 16 nitrogen and oxygen atoms in total. The Labute approximate surface area is 417 Å². The summed E-state index contributed by atoms with van der Waals surface area (Å²) < 4.78 is 33.2. The molecular formula is C52H97N2O14P. The van der Waals surface area contributed by atoms with E-state index in [1.165, 1.54) is 162 Å². The van der Waals surface area contributed by atoms with Crippen molar-refractivity contribution in [3.63, 3.8) is 0 Å². The fourth-order valence-corrected chi connectivity index (χ4v) is 8.34. The van der Waals surface area contributed by atoms with Gasteiger partial charge in [-0.15, -0.1) is 5.06 Å². The highest BCUT2D eigenvalue weighted by atomic mass is 31.2. The fourth-order valence-electron chi connectivity index (χ4n) is 7.59. The molecule has 1 fully saturated rings. The van der Waals surface area contributed by atoms with Crippen molar-refractivity contribution < 1.29 is 67.8 Å². The molecule has 0 aromatic carbocycles. The van der Waals surface area contributed by atoms with Gasteiger partial charge in [-0.2, -0.15) is 0 Å². The number of ketones is 1. The molecule has 2 atom stereocenters. The Balaban J connectivity index is 0. The van der Waals surface area contributed by atoms with Crippen molar-refractivity contribution in [3.8, 4) is 0 Å². The Morgan fingerprint density at radius 1 is 0.551 bits per heavy atom. The van der Waals surface area contributed by atoms with Gasteiger partial charge in [0.2, 0.25) is 5.91 Å². The van der Waals surface area contributed by atoms with Gasteiger partial charge in [0.15, 0.2) is 6.10 Å². The van der Waals surface area contributed by atoms with Crippen LogP contribution in [0.1, 0.15) is 260 Å². The van der Waals surface area contributed by atoms with Crippen LogP contribution in [0.3, 0.4) is 0 Å². The molecule has 0 radical (unpaired) electrons. The molecule has 1 aliphatic heterocycles. The van der Waals surface area contributed by atoms with Gasteiger partial charge >= 0.3 is 25.7 Å². The second kappa shape index (κ2) is 45.9. The van der Waals surface area contributed by atoms with Crippen molar-refractivity contribution in [2.45, 2.75) is 265 Å². The molecule has 69 heavy (non-hydrogen) atoms. The molecule has 1 saturated heterocycles. The van der Waals surface area contributed by atoms with Crippen LogP contribution in [0, 0.1) is 0 Å². The second-order valence-corrected chi connectivity index (χ2v) is 20.0. The summed E-state index contributed by atoms with van der Waals surface area (Å²) in [5, 5.41) is 2.94. The number of carbonyl (C=O) groups is 7. The average molecular weight is 1010 g/mol. The lowest BCUT2D eigenvalue weighted by atomic mass is 10.0. The molecule has 0 aromatic rings. The lowest BCUT2D eigenvalue weighted by Gasteiger charge is -2.20. The van der Waals surface area contributed by atoms with E-state index in [1.54, 1.807) is 0 Å². The summed E-state index contributed by atoms with van der Waals surface area (Å²) in [6.45, 7) is 6.26. The molecule has 3 amide bonds. The summed E-state index contributed by atoms with van der Waals surface area (Å²) in [5.41, 5.74) is 0. The van der Waals surface area contributed by atoms with E-state index in [9.17, 15) is 43.0 Å². The second-order valence-electron chi connectivity index (χ2n) is 18.5. The number of nitrogens with one attached hydrogen (secondary N) is 1. The zero-order valence-corrected chi connectivity index (χ0v) is 44.4. The Morgan fingerprint density at radius 2 is 0.942 bits per heavy atom. The first-order valence-corrected chi connectivity index (χ1v) is 28.5. The molecule has 1 aliphatic rings. The topological polar surface area (TPSA) is 218 Å².